The van der Waals surface area contributed by atoms with Crippen LogP contribution in [0.1, 0.15) is 32.3 Å². The first-order valence-electron chi connectivity index (χ1n) is 12.5. The fraction of sp³-hybridized carbons (Fsp3) is 0.286. The summed E-state index contributed by atoms with van der Waals surface area (Å²) in [5.74, 6) is -1.02. The highest BCUT2D eigenvalue weighted by Crippen LogP contribution is 2.30. The van der Waals surface area contributed by atoms with Gasteiger partial charge in [-0.3, -0.25) is 13.9 Å². The molecule has 1 N–H and O–H groups in total. The van der Waals surface area contributed by atoms with Crippen LogP contribution in [0.2, 0.25) is 20.1 Å². The van der Waals surface area contributed by atoms with Crippen LogP contribution in [-0.4, -0.2) is 44.3 Å². The summed E-state index contributed by atoms with van der Waals surface area (Å²) in [5.41, 5.74) is 0.634. The topological polar surface area (TPSA) is 86.8 Å². The Morgan fingerprint density at radius 1 is 0.900 bits per heavy atom. The van der Waals surface area contributed by atoms with Crippen molar-refractivity contribution in [3.63, 3.8) is 0 Å². The lowest BCUT2D eigenvalue weighted by atomic mass is 10.1. The molecular formula is C28H29Cl4N3O4S. The van der Waals surface area contributed by atoms with E-state index in [1.807, 2.05) is 6.92 Å². The molecule has 7 nitrogen and oxygen atoms in total. The van der Waals surface area contributed by atoms with E-state index in [2.05, 4.69) is 5.32 Å². The van der Waals surface area contributed by atoms with Gasteiger partial charge >= 0.3 is 0 Å². The Morgan fingerprint density at radius 2 is 1.55 bits per heavy atom. The molecule has 12 heteroatoms. The molecule has 0 aliphatic rings. The number of hydrogen-bond acceptors (Lipinski definition) is 4. The molecule has 0 unspecified atom stereocenters. The molecule has 0 aliphatic carbocycles. The van der Waals surface area contributed by atoms with Gasteiger partial charge in [0.05, 0.1) is 10.6 Å². The van der Waals surface area contributed by atoms with Gasteiger partial charge in [0, 0.05) is 33.2 Å². The number of hydrogen-bond donors (Lipinski definition) is 1. The van der Waals surface area contributed by atoms with E-state index in [0.717, 1.165) is 17.1 Å². The van der Waals surface area contributed by atoms with Crippen molar-refractivity contribution in [1.29, 1.82) is 0 Å². The molecule has 3 aromatic carbocycles. The van der Waals surface area contributed by atoms with Crippen LogP contribution in [0, 0.1) is 0 Å². The molecule has 3 rings (SSSR count). The molecule has 3 aromatic rings. The van der Waals surface area contributed by atoms with Gasteiger partial charge in [-0.25, -0.2) is 8.42 Å². The fourth-order valence-corrected chi connectivity index (χ4v) is 6.29. The van der Waals surface area contributed by atoms with Gasteiger partial charge in [-0.15, -0.1) is 0 Å². The molecule has 0 aliphatic heterocycles. The molecule has 0 bridgehead atoms. The number of rotatable bonds is 12. The van der Waals surface area contributed by atoms with Gasteiger partial charge in [-0.1, -0.05) is 84.0 Å². The zero-order valence-corrected chi connectivity index (χ0v) is 25.8. The van der Waals surface area contributed by atoms with Gasteiger partial charge in [0.25, 0.3) is 10.0 Å². The van der Waals surface area contributed by atoms with Gasteiger partial charge in [-0.2, -0.15) is 0 Å². The average molecular weight is 645 g/mol. The highest BCUT2D eigenvalue weighted by atomic mass is 35.5. The van der Waals surface area contributed by atoms with E-state index < -0.39 is 28.5 Å². The predicted octanol–water partition coefficient (Wildman–Crippen LogP) is 6.83. The number of anilines is 1. The molecule has 214 valence electrons. The fourth-order valence-electron chi connectivity index (χ4n) is 3.88. The minimum absolute atomic E-state index is 0.0310. The van der Waals surface area contributed by atoms with E-state index in [4.69, 9.17) is 46.4 Å². The number of unbranched alkanes of at least 4 members (excludes halogenated alkanes) is 1. The van der Waals surface area contributed by atoms with Gasteiger partial charge in [-0.05, 0) is 61.4 Å². The summed E-state index contributed by atoms with van der Waals surface area (Å²) < 4.78 is 28.5. The maximum atomic E-state index is 13.9. The number of nitrogens with zero attached hydrogens (tertiary/aromatic N) is 2. The second kappa shape index (κ2) is 14.4. The number of amides is 2. The SMILES string of the molecule is CCCCNC(=O)[C@H](C)N(Cc1ccc(Cl)cc1Cl)C(=O)CN(c1cc(Cl)cc(Cl)c1)S(=O)(=O)c1ccccc1. The van der Waals surface area contributed by atoms with Gasteiger partial charge < -0.3 is 10.2 Å². The van der Waals surface area contributed by atoms with E-state index in [9.17, 15) is 18.0 Å². The van der Waals surface area contributed by atoms with Crippen molar-refractivity contribution in [3.05, 3.63) is 92.4 Å². The maximum absolute atomic E-state index is 13.9. The predicted molar refractivity (Wildman–Crippen MR) is 162 cm³/mol. The highest BCUT2D eigenvalue weighted by molar-refractivity contribution is 7.92. The van der Waals surface area contributed by atoms with E-state index in [1.54, 1.807) is 37.3 Å². The van der Waals surface area contributed by atoms with Crippen molar-refractivity contribution in [2.45, 2.75) is 44.2 Å². The van der Waals surface area contributed by atoms with Gasteiger partial charge in [0.1, 0.15) is 12.6 Å². The van der Waals surface area contributed by atoms with E-state index in [-0.39, 0.29) is 33.1 Å². The van der Waals surface area contributed by atoms with Crippen LogP contribution < -0.4 is 9.62 Å². The average Bonchev–Trinajstić information content (AvgIpc) is 2.90. The van der Waals surface area contributed by atoms with Gasteiger partial charge in [0.2, 0.25) is 11.8 Å². The lowest BCUT2D eigenvalue weighted by Crippen LogP contribution is -2.51. The molecule has 2 amide bonds. The van der Waals surface area contributed by atoms with E-state index in [0.29, 0.717) is 22.2 Å². The Hall–Kier alpha value is -2.49. The molecule has 0 spiro atoms. The normalized spacial score (nSPS) is 12.1. The zero-order chi connectivity index (χ0) is 29.4. The molecule has 0 saturated carbocycles. The Balaban J connectivity index is 2.04. The first-order chi connectivity index (χ1) is 18.9. The molecule has 1 atom stereocenters. The second-order valence-corrected chi connectivity index (χ2v) is 12.6. The molecule has 0 radical (unpaired) electrons. The minimum atomic E-state index is -4.24. The first kappa shape index (κ1) is 32.0. The van der Waals surface area contributed by atoms with Crippen LogP contribution in [0.3, 0.4) is 0 Å². The minimum Gasteiger partial charge on any atom is -0.354 e. The van der Waals surface area contributed by atoms with Gasteiger partial charge in [0.15, 0.2) is 0 Å². The van der Waals surface area contributed by atoms with Crippen molar-refractivity contribution in [2.24, 2.45) is 0 Å². The van der Waals surface area contributed by atoms with Crippen LogP contribution in [0.25, 0.3) is 0 Å². The molecule has 0 aromatic heterocycles. The van der Waals surface area contributed by atoms with E-state index in [1.165, 1.54) is 41.3 Å². The van der Waals surface area contributed by atoms with E-state index >= 15 is 0 Å². The number of sulfonamides is 1. The van der Waals surface area contributed by atoms with Crippen LogP contribution in [0.15, 0.2) is 71.6 Å². The maximum Gasteiger partial charge on any atom is 0.264 e. The third-order valence-electron chi connectivity index (χ3n) is 6.10. The smallest absolute Gasteiger partial charge is 0.264 e. The molecular weight excluding hydrogens is 616 g/mol. The largest absolute Gasteiger partial charge is 0.354 e. The Kier molecular flexibility index (Phi) is 11.5. The zero-order valence-electron chi connectivity index (χ0n) is 21.9. The van der Waals surface area contributed by atoms with Crippen LogP contribution >= 0.6 is 46.4 Å². The quantitative estimate of drug-likeness (QED) is 0.219. The molecule has 0 heterocycles. The van der Waals surface area contributed by atoms with Crippen LogP contribution in [-0.2, 0) is 26.2 Å². The summed E-state index contributed by atoms with van der Waals surface area (Å²) in [4.78, 5) is 28.2. The Bertz CT molecular complexity index is 1430. The second-order valence-electron chi connectivity index (χ2n) is 9.03. The lowest BCUT2D eigenvalue weighted by molar-refractivity contribution is -0.139. The first-order valence-corrected chi connectivity index (χ1v) is 15.4. The van der Waals surface area contributed by atoms with Crippen molar-refractivity contribution >= 4 is 73.9 Å². The Morgan fingerprint density at radius 3 is 2.15 bits per heavy atom. The summed E-state index contributed by atoms with van der Waals surface area (Å²) in [7, 11) is -4.24. The third kappa shape index (κ3) is 8.27. The van der Waals surface area contributed by atoms with Crippen molar-refractivity contribution < 1.29 is 18.0 Å². The van der Waals surface area contributed by atoms with Crippen LogP contribution in [0.5, 0.6) is 0 Å². The number of benzene rings is 3. The monoisotopic (exact) mass is 643 g/mol. The van der Waals surface area contributed by atoms with Crippen molar-refractivity contribution in [3.8, 4) is 0 Å². The number of carbonyl (C=O) groups excluding carboxylic acids is 2. The summed E-state index contributed by atoms with van der Waals surface area (Å²) in [6.45, 7) is 3.32. The van der Waals surface area contributed by atoms with Crippen LogP contribution in [0.4, 0.5) is 5.69 Å². The molecule has 0 fully saturated rings. The number of halogens is 4. The third-order valence-corrected chi connectivity index (χ3v) is 8.91. The Labute approximate surface area is 255 Å². The summed E-state index contributed by atoms with van der Waals surface area (Å²) in [6.07, 6.45) is 1.65. The highest BCUT2D eigenvalue weighted by Gasteiger charge is 2.33. The van der Waals surface area contributed by atoms with Crippen molar-refractivity contribution in [1.82, 2.24) is 10.2 Å². The summed E-state index contributed by atoms with van der Waals surface area (Å²) >= 11 is 24.8. The molecule has 0 saturated heterocycles. The number of nitrogens with one attached hydrogen (secondary N) is 1. The number of carbonyl (C=O) groups is 2. The standard InChI is InChI=1S/C28H29Cl4N3O4S/c1-3-4-12-33-28(37)19(2)34(17-20-10-11-21(29)16-26(20)32)27(36)18-35(24-14-22(30)13-23(31)15-24)40(38,39)25-8-6-5-7-9-25/h5-11,13-16,19H,3-4,12,17-18H2,1-2H3,(H,33,37)/t19-/m0/s1. The summed E-state index contributed by atoms with van der Waals surface area (Å²) in [5, 5.41) is 3.93. The van der Waals surface area contributed by atoms with Crippen molar-refractivity contribution in [2.75, 3.05) is 17.4 Å². The lowest BCUT2D eigenvalue weighted by Gasteiger charge is -2.32. The summed E-state index contributed by atoms with van der Waals surface area (Å²) in [6, 6.07) is 15.8. The molecule has 40 heavy (non-hydrogen) atoms.